The number of rotatable bonds is 10. The minimum atomic E-state index is -2.13. The second-order valence-electron chi connectivity index (χ2n) is 3.99. The van der Waals surface area contributed by atoms with Crippen LogP contribution in [0.15, 0.2) is 0 Å². The average Bonchev–Trinajstić information content (AvgIpc) is 2.16. The third kappa shape index (κ3) is 9.89. The fourth-order valence-electron chi connectivity index (χ4n) is 1.03. The second kappa shape index (κ2) is 10.2. The maximum absolute atomic E-state index is 5.74. The highest BCUT2D eigenvalue weighted by Gasteiger charge is 2.26. The molecule has 2 unspecified atom stereocenters. The van der Waals surface area contributed by atoms with Gasteiger partial charge in [0.2, 0.25) is 0 Å². The Hall–Kier alpha value is 0.234. The molecule has 0 aliphatic rings. The standard InChI is InChI=1S/C10H26O5Si2/c1-7-11-16(13-9(3)4)15-17(12-8-2)14-10(5)6/h9-10,16-17H,7-8H2,1-6H3. The lowest BCUT2D eigenvalue weighted by molar-refractivity contribution is 0.0605. The van der Waals surface area contributed by atoms with Crippen LogP contribution in [0.1, 0.15) is 41.5 Å². The maximum Gasteiger partial charge on any atom is 0.476 e. The molecule has 7 heteroatoms. The summed E-state index contributed by atoms with van der Waals surface area (Å²) in [6.45, 7) is 12.9. The van der Waals surface area contributed by atoms with E-state index in [1.54, 1.807) is 0 Å². The van der Waals surface area contributed by atoms with Gasteiger partial charge in [-0.15, -0.1) is 0 Å². The molecule has 104 valence electrons. The Kier molecular flexibility index (Phi) is 10.3. The first-order valence-corrected chi connectivity index (χ1v) is 9.02. The van der Waals surface area contributed by atoms with Gasteiger partial charge in [0.15, 0.2) is 0 Å². The van der Waals surface area contributed by atoms with Crippen molar-refractivity contribution in [3.63, 3.8) is 0 Å². The molecule has 0 rings (SSSR count). The van der Waals surface area contributed by atoms with Gasteiger partial charge in [-0.1, -0.05) is 0 Å². The molecule has 2 atom stereocenters. The third-order valence-corrected chi connectivity index (χ3v) is 6.12. The summed E-state index contributed by atoms with van der Waals surface area (Å²) < 4.78 is 27.9. The number of hydrogen-bond donors (Lipinski definition) is 0. The van der Waals surface area contributed by atoms with Gasteiger partial charge in [-0.25, -0.2) is 0 Å². The minimum Gasteiger partial charge on any atom is -0.377 e. The van der Waals surface area contributed by atoms with E-state index in [1.807, 2.05) is 41.5 Å². The summed E-state index contributed by atoms with van der Waals surface area (Å²) >= 11 is 0. The van der Waals surface area contributed by atoms with Gasteiger partial charge < -0.3 is 21.8 Å². The lowest BCUT2D eigenvalue weighted by Crippen LogP contribution is -2.41. The summed E-state index contributed by atoms with van der Waals surface area (Å²) in [7, 11) is -4.26. The van der Waals surface area contributed by atoms with Crippen molar-refractivity contribution in [2.75, 3.05) is 13.2 Å². The fraction of sp³-hybridized carbons (Fsp3) is 1.00. The van der Waals surface area contributed by atoms with E-state index in [0.717, 1.165) is 0 Å². The van der Waals surface area contributed by atoms with Crippen molar-refractivity contribution in [3.8, 4) is 0 Å². The van der Waals surface area contributed by atoms with Crippen LogP contribution in [0.4, 0.5) is 0 Å². The van der Waals surface area contributed by atoms with E-state index in [0.29, 0.717) is 13.2 Å². The number of hydrogen-bond acceptors (Lipinski definition) is 5. The first-order valence-electron chi connectivity index (χ1n) is 6.19. The van der Waals surface area contributed by atoms with Crippen molar-refractivity contribution in [2.24, 2.45) is 0 Å². The van der Waals surface area contributed by atoms with Gasteiger partial charge in [-0.2, -0.15) is 0 Å². The highest BCUT2D eigenvalue weighted by molar-refractivity contribution is 6.52. The topological polar surface area (TPSA) is 46.2 Å². The Morgan fingerprint density at radius 3 is 1.35 bits per heavy atom. The predicted octanol–water partition coefficient (Wildman–Crippen LogP) is 1.36. The van der Waals surface area contributed by atoms with E-state index in [9.17, 15) is 0 Å². The van der Waals surface area contributed by atoms with Crippen LogP contribution in [0.25, 0.3) is 0 Å². The summed E-state index contributed by atoms with van der Waals surface area (Å²) in [5.74, 6) is 0. The molecule has 0 aliphatic heterocycles. The van der Waals surface area contributed by atoms with Gasteiger partial charge in [0, 0.05) is 25.4 Å². The molecule has 0 spiro atoms. The van der Waals surface area contributed by atoms with Gasteiger partial charge in [-0.05, 0) is 41.5 Å². The molecule has 0 aliphatic carbocycles. The van der Waals surface area contributed by atoms with Crippen LogP contribution < -0.4 is 0 Å². The lowest BCUT2D eigenvalue weighted by Gasteiger charge is -2.24. The summed E-state index contributed by atoms with van der Waals surface area (Å²) in [5.41, 5.74) is 0. The summed E-state index contributed by atoms with van der Waals surface area (Å²) in [5, 5.41) is 0. The van der Waals surface area contributed by atoms with E-state index in [2.05, 4.69) is 0 Å². The van der Waals surface area contributed by atoms with Crippen LogP contribution in [-0.4, -0.2) is 44.5 Å². The van der Waals surface area contributed by atoms with E-state index >= 15 is 0 Å². The largest absolute Gasteiger partial charge is 0.476 e. The van der Waals surface area contributed by atoms with Gasteiger partial charge in [0.25, 0.3) is 0 Å². The monoisotopic (exact) mass is 282 g/mol. The van der Waals surface area contributed by atoms with Crippen LogP contribution in [-0.2, 0) is 21.8 Å². The zero-order chi connectivity index (χ0) is 13.3. The molecule has 0 bridgehead atoms. The highest BCUT2D eigenvalue weighted by Crippen LogP contribution is 2.04. The van der Waals surface area contributed by atoms with Gasteiger partial charge >= 0.3 is 19.1 Å². The molecule has 5 nitrogen and oxygen atoms in total. The molecule has 0 radical (unpaired) electrons. The van der Waals surface area contributed by atoms with Gasteiger partial charge in [0.05, 0.1) is 0 Å². The molecule has 0 amide bonds. The quantitative estimate of drug-likeness (QED) is 0.566. The third-order valence-electron chi connectivity index (χ3n) is 1.59. The highest BCUT2D eigenvalue weighted by atomic mass is 28.4. The van der Waals surface area contributed by atoms with Crippen molar-refractivity contribution in [3.05, 3.63) is 0 Å². The second-order valence-corrected chi connectivity index (χ2v) is 7.45. The van der Waals surface area contributed by atoms with Crippen molar-refractivity contribution in [1.29, 1.82) is 0 Å². The van der Waals surface area contributed by atoms with Crippen LogP contribution in [0.2, 0.25) is 0 Å². The Balaban J connectivity index is 4.22. The molecule has 17 heavy (non-hydrogen) atoms. The first-order chi connectivity index (χ1) is 7.99. The molecule has 0 N–H and O–H groups in total. The summed E-state index contributed by atoms with van der Waals surface area (Å²) in [6, 6.07) is 0. The molecule has 0 aromatic carbocycles. The SMILES string of the molecule is CCO[SiH](OC(C)C)O[SiH](OCC)OC(C)C. The molecular formula is C10H26O5Si2. The molecule has 0 aromatic rings. The maximum atomic E-state index is 5.74. The van der Waals surface area contributed by atoms with Crippen LogP contribution in [0, 0.1) is 0 Å². The van der Waals surface area contributed by atoms with E-state index in [-0.39, 0.29) is 12.2 Å². The molecular weight excluding hydrogens is 256 g/mol. The van der Waals surface area contributed by atoms with Crippen LogP contribution >= 0.6 is 0 Å². The summed E-state index contributed by atoms with van der Waals surface area (Å²) in [6.07, 6.45) is 0.182. The van der Waals surface area contributed by atoms with Crippen molar-refractivity contribution in [2.45, 2.75) is 53.8 Å². The molecule has 0 aromatic heterocycles. The summed E-state index contributed by atoms with van der Waals surface area (Å²) in [4.78, 5) is 0. The zero-order valence-electron chi connectivity index (χ0n) is 11.8. The van der Waals surface area contributed by atoms with Gasteiger partial charge in [-0.3, -0.25) is 0 Å². The minimum absolute atomic E-state index is 0.0912. The van der Waals surface area contributed by atoms with Crippen LogP contribution in [0.5, 0.6) is 0 Å². The zero-order valence-corrected chi connectivity index (χ0v) is 14.1. The lowest BCUT2D eigenvalue weighted by atomic mass is 10.5. The van der Waals surface area contributed by atoms with Crippen molar-refractivity contribution < 1.29 is 21.8 Å². The molecule has 0 fully saturated rings. The molecule has 0 saturated carbocycles. The molecule has 0 heterocycles. The normalized spacial score (nSPS) is 15.5. The predicted molar refractivity (Wildman–Crippen MR) is 71.1 cm³/mol. The van der Waals surface area contributed by atoms with Crippen LogP contribution in [0.3, 0.4) is 0 Å². The van der Waals surface area contributed by atoms with Crippen molar-refractivity contribution >= 4 is 19.1 Å². The van der Waals surface area contributed by atoms with Gasteiger partial charge in [0.1, 0.15) is 0 Å². The van der Waals surface area contributed by atoms with Crippen molar-refractivity contribution in [1.82, 2.24) is 0 Å². The van der Waals surface area contributed by atoms with E-state index in [4.69, 9.17) is 21.8 Å². The fourth-order valence-corrected chi connectivity index (χ4v) is 4.49. The van der Waals surface area contributed by atoms with E-state index in [1.165, 1.54) is 0 Å². The average molecular weight is 282 g/mol. The Bertz CT molecular complexity index is 162. The molecule has 0 saturated heterocycles. The van der Waals surface area contributed by atoms with E-state index < -0.39 is 19.1 Å². The first kappa shape index (κ1) is 17.2. The Morgan fingerprint density at radius 1 is 0.765 bits per heavy atom. The Morgan fingerprint density at radius 2 is 1.12 bits per heavy atom. The Labute approximate surface area is 108 Å². The smallest absolute Gasteiger partial charge is 0.377 e.